The van der Waals surface area contributed by atoms with E-state index in [1.165, 1.54) is 4.68 Å². The third-order valence-electron chi connectivity index (χ3n) is 2.11. The lowest BCUT2D eigenvalue weighted by Gasteiger charge is -2.01. The molecule has 1 saturated carbocycles. The van der Waals surface area contributed by atoms with Gasteiger partial charge in [0.1, 0.15) is 17.8 Å². The van der Waals surface area contributed by atoms with Crippen molar-refractivity contribution in [2.45, 2.75) is 31.9 Å². The lowest BCUT2D eigenvalue weighted by atomic mass is 10.4. The van der Waals surface area contributed by atoms with E-state index < -0.39 is 0 Å². The molecule has 0 amide bonds. The molecular formula is C9H12N4O. The lowest BCUT2D eigenvalue weighted by Crippen LogP contribution is -2.04. The minimum atomic E-state index is -0.311. The molecule has 5 heteroatoms. The smallest absolute Gasteiger partial charge is 0.256 e. The largest absolute Gasteiger partial charge is 0.472 e. The minimum absolute atomic E-state index is 0.276. The zero-order valence-corrected chi connectivity index (χ0v) is 7.97. The van der Waals surface area contributed by atoms with Crippen molar-refractivity contribution in [3.8, 4) is 11.9 Å². The second kappa shape index (κ2) is 3.22. The third-order valence-corrected chi connectivity index (χ3v) is 2.11. The van der Waals surface area contributed by atoms with Crippen LogP contribution in [0.25, 0.3) is 0 Å². The second-order valence-corrected chi connectivity index (χ2v) is 3.49. The van der Waals surface area contributed by atoms with Gasteiger partial charge in [-0.25, -0.2) is 4.68 Å². The van der Waals surface area contributed by atoms with Gasteiger partial charge in [0.05, 0.1) is 12.3 Å². The maximum Gasteiger partial charge on any atom is 0.256 e. The zero-order valence-electron chi connectivity index (χ0n) is 7.97. The normalized spacial score (nSPS) is 17.4. The van der Waals surface area contributed by atoms with Crippen molar-refractivity contribution in [1.29, 1.82) is 5.26 Å². The molecule has 1 aromatic rings. The highest BCUT2D eigenvalue weighted by Gasteiger charge is 2.26. The molecule has 0 aromatic carbocycles. The van der Waals surface area contributed by atoms with Crippen LogP contribution in [0.4, 0.5) is 5.69 Å². The number of hydrogen-bond donors (Lipinski definition) is 1. The van der Waals surface area contributed by atoms with Crippen LogP contribution < -0.4 is 10.5 Å². The topological polar surface area (TPSA) is 76.9 Å². The van der Waals surface area contributed by atoms with Gasteiger partial charge in [0, 0.05) is 0 Å². The molecule has 1 aromatic heterocycles. The van der Waals surface area contributed by atoms with E-state index in [0.29, 0.717) is 11.6 Å². The lowest BCUT2D eigenvalue weighted by molar-refractivity contribution is 0.287. The molecular weight excluding hydrogens is 180 g/mol. The van der Waals surface area contributed by atoms with E-state index in [1.54, 1.807) is 13.1 Å². The number of anilines is 1. The number of nitrogen functional groups attached to an aromatic ring is 1. The van der Waals surface area contributed by atoms with E-state index in [-0.39, 0.29) is 12.1 Å². The molecule has 14 heavy (non-hydrogen) atoms. The Balaban J connectivity index is 2.16. The number of ether oxygens (including phenoxy) is 1. The van der Waals surface area contributed by atoms with Crippen molar-refractivity contribution < 1.29 is 4.74 Å². The molecule has 1 aliphatic carbocycles. The first-order chi connectivity index (χ1) is 6.70. The molecule has 1 aliphatic rings. The summed E-state index contributed by atoms with van der Waals surface area (Å²) in [5, 5.41) is 12.8. The zero-order chi connectivity index (χ0) is 10.1. The summed E-state index contributed by atoms with van der Waals surface area (Å²) in [4.78, 5) is 0. The quantitative estimate of drug-likeness (QED) is 0.777. The Labute approximate surface area is 82.1 Å². The average Bonchev–Trinajstić information content (AvgIpc) is 2.91. The van der Waals surface area contributed by atoms with Gasteiger partial charge in [0.2, 0.25) is 0 Å². The number of aromatic nitrogens is 2. The Morgan fingerprint density at radius 1 is 1.79 bits per heavy atom. The van der Waals surface area contributed by atoms with Crippen LogP contribution in [0.3, 0.4) is 0 Å². The van der Waals surface area contributed by atoms with E-state index >= 15 is 0 Å². The molecule has 74 valence electrons. The van der Waals surface area contributed by atoms with Crippen molar-refractivity contribution in [2.75, 3.05) is 5.73 Å². The fraction of sp³-hybridized carbons (Fsp3) is 0.556. The summed E-state index contributed by atoms with van der Waals surface area (Å²) in [6, 6.07) is 1.77. The average molecular weight is 192 g/mol. The predicted molar refractivity (Wildman–Crippen MR) is 50.6 cm³/mol. The standard InChI is InChI=1S/C9H12N4O/c1-6(4-10)13-5-8(11)9(12-13)14-7-2-3-7/h5-7H,2-3,11H2,1H3. The molecule has 0 radical (unpaired) electrons. The maximum absolute atomic E-state index is 8.69. The van der Waals surface area contributed by atoms with Crippen LogP contribution >= 0.6 is 0 Å². The third kappa shape index (κ3) is 1.64. The molecule has 0 spiro atoms. The fourth-order valence-corrected chi connectivity index (χ4v) is 1.08. The number of hydrogen-bond acceptors (Lipinski definition) is 4. The molecule has 2 rings (SSSR count). The fourth-order valence-electron chi connectivity index (χ4n) is 1.08. The van der Waals surface area contributed by atoms with Gasteiger partial charge in [0.15, 0.2) is 0 Å². The summed E-state index contributed by atoms with van der Waals surface area (Å²) in [6.45, 7) is 1.76. The second-order valence-electron chi connectivity index (χ2n) is 3.49. The van der Waals surface area contributed by atoms with Crippen LogP contribution in [0.1, 0.15) is 25.8 Å². The molecule has 5 nitrogen and oxygen atoms in total. The summed E-state index contributed by atoms with van der Waals surface area (Å²) in [5.74, 6) is 0.453. The Bertz CT molecular complexity index is 375. The number of nitrogens with two attached hydrogens (primary N) is 1. The van der Waals surface area contributed by atoms with Gasteiger partial charge in [-0.15, -0.1) is 5.10 Å². The van der Waals surface area contributed by atoms with Crippen LogP contribution in [0.15, 0.2) is 6.20 Å². The first-order valence-electron chi connectivity index (χ1n) is 4.61. The summed E-state index contributed by atoms with van der Waals surface area (Å²) >= 11 is 0. The van der Waals surface area contributed by atoms with E-state index in [2.05, 4.69) is 11.2 Å². The number of rotatable bonds is 3. The highest BCUT2D eigenvalue weighted by Crippen LogP contribution is 2.29. The van der Waals surface area contributed by atoms with Crippen LogP contribution in [0, 0.1) is 11.3 Å². The Morgan fingerprint density at radius 2 is 2.50 bits per heavy atom. The summed E-state index contributed by atoms with van der Waals surface area (Å²) in [5.41, 5.74) is 6.19. The van der Waals surface area contributed by atoms with Gasteiger partial charge in [-0.2, -0.15) is 5.26 Å². The highest BCUT2D eigenvalue weighted by molar-refractivity contribution is 5.46. The van der Waals surface area contributed by atoms with Crippen LogP contribution in [-0.4, -0.2) is 15.9 Å². The summed E-state index contributed by atoms with van der Waals surface area (Å²) in [7, 11) is 0. The number of nitriles is 1. The molecule has 1 fully saturated rings. The van der Waals surface area contributed by atoms with Crippen molar-refractivity contribution in [3.05, 3.63) is 6.20 Å². The van der Waals surface area contributed by atoms with Crippen molar-refractivity contribution >= 4 is 5.69 Å². The van der Waals surface area contributed by atoms with Gasteiger partial charge >= 0.3 is 0 Å². The molecule has 0 aliphatic heterocycles. The van der Waals surface area contributed by atoms with E-state index in [4.69, 9.17) is 15.7 Å². The summed E-state index contributed by atoms with van der Waals surface area (Å²) in [6.07, 6.45) is 4.05. The maximum atomic E-state index is 8.69. The first-order valence-corrected chi connectivity index (χ1v) is 4.61. The number of nitrogens with zero attached hydrogens (tertiary/aromatic N) is 3. The van der Waals surface area contributed by atoms with Gasteiger partial charge in [-0.1, -0.05) is 0 Å². The first kappa shape index (κ1) is 8.88. The van der Waals surface area contributed by atoms with E-state index in [0.717, 1.165) is 12.8 Å². The molecule has 1 heterocycles. The Morgan fingerprint density at radius 3 is 3.07 bits per heavy atom. The van der Waals surface area contributed by atoms with Crippen molar-refractivity contribution in [1.82, 2.24) is 9.78 Å². The highest BCUT2D eigenvalue weighted by atomic mass is 16.5. The monoisotopic (exact) mass is 192 g/mol. The van der Waals surface area contributed by atoms with Gasteiger partial charge in [-0.05, 0) is 19.8 Å². The van der Waals surface area contributed by atoms with Crippen molar-refractivity contribution in [3.63, 3.8) is 0 Å². The Kier molecular flexibility index (Phi) is 2.04. The predicted octanol–water partition coefficient (Wildman–Crippen LogP) is 1.09. The van der Waals surface area contributed by atoms with E-state index in [1.807, 2.05) is 0 Å². The molecule has 2 N–H and O–H groups in total. The molecule has 1 unspecified atom stereocenters. The molecule has 0 saturated heterocycles. The van der Waals surface area contributed by atoms with Gasteiger partial charge < -0.3 is 10.5 Å². The SMILES string of the molecule is CC(C#N)n1cc(N)c(OC2CC2)n1. The Hall–Kier alpha value is -1.70. The van der Waals surface area contributed by atoms with Gasteiger partial charge in [-0.3, -0.25) is 0 Å². The molecule has 1 atom stereocenters. The minimum Gasteiger partial charge on any atom is -0.472 e. The van der Waals surface area contributed by atoms with Crippen molar-refractivity contribution in [2.24, 2.45) is 0 Å². The summed E-state index contributed by atoms with van der Waals surface area (Å²) < 4.78 is 6.99. The molecule has 0 bridgehead atoms. The van der Waals surface area contributed by atoms with Gasteiger partial charge in [0.25, 0.3) is 5.88 Å². The van der Waals surface area contributed by atoms with E-state index in [9.17, 15) is 0 Å². The van der Waals surface area contributed by atoms with Crippen LogP contribution in [0.2, 0.25) is 0 Å². The van der Waals surface area contributed by atoms with Crippen LogP contribution in [0.5, 0.6) is 5.88 Å². The van der Waals surface area contributed by atoms with Crippen LogP contribution in [-0.2, 0) is 0 Å².